The molecule has 2 heterocycles. The molecule has 0 saturated carbocycles. The SMILES string of the molecule is C[C@H]1CCc2c(sc3ncn(CC(=O)N(C)[C@@H]4CCCc5ccccc54)c(=O)c23)C1. The normalized spacial score (nSPS) is 20.6. The van der Waals surface area contributed by atoms with E-state index in [1.54, 1.807) is 17.7 Å². The summed E-state index contributed by atoms with van der Waals surface area (Å²) in [7, 11) is 1.86. The van der Waals surface area contributed by atoms with E-state index < -0.39 is 0 Å². The zero-order valence-electron chi connectivity index (χ0n) is 17.6. The third-order valence-corrected chi connectivity index (χ3v) is 7.95. The number of carbonyl (C=O) groups excluding carboxylic acids is 1. The molecule has 0 radical (unpaired) electrons. The predicted octanol–water partition coefficient (Wildman–Crippen LogP) is 4.12. The first-order valence-corrected chi connectivity index (χ1v) is 11.7. The fourth-order valence-corrected chi connectivity index (χ4v) is 6.38. The van der Waals surface area contributed by atoms with Gasteiger partial charge in [0.15, 0.2) is 0 Å². The lowest BCUT2D eigenvalue weighted by molar-refractivity contribution is -0.133. The number of thiophene rings is 1. The van der Waals surface area contributed by atoms with Gasteiger partial charge in [0, 0.05) is 11.9 Å². The quantitative estimate of drug-likeness (QED) is 0.639. The number of carbonyl (C=O) groups is 1. The molecule has 156 valence electrons. The van der Waals surface area contributed by atoms with Crippen molar-refractivity contribution in [3.8, 4) is 0 Å². The van der Waals surface area contributed by atoms with Crippen LogP contribution in [0.5, 0.6) is 0 Å². The monoisotopic (exact) mass is 421 g/mol. The van der Waals surface area contributed by atoms with Crippen molar-refractivity contribution in [3.05, 3.63) is 62.5 Å². The first-order chi connectivity index (χ1) is 14.5. The van der Waals surface area contributed by atoms with Gasteiger partial charge in [0.05, 0.1) is 17.8 Å². The van der Waals surface area contributed by atoms with Crippen LogP contribution in [0.2, 0.25) is 0 Å². The minimum Gasteiger partial charge on any atom is -0.337 e. The Labute approximate surface area is 180 Å². The maximum atomic E-state index is 13.2. The van der Waals surface area contributed by atoms with E-state index in [9.17, 15) is 9.59 Å². The first kappa shape index (κ1) is 19.5. The van der Waals surface area contributed by atoms with Crippen LogP contribution in [-0.2, 0) is 30.6 Å². The molecule has 0 spiro atoms. The Morgan fingerprint density at radius 3 is 2.97 bits per heavy atom. The number of hydrogen-bond donors (Lipinski definition) is 0. The van der Waals surface area contributed by atoms with E-state index in [4.69, 9.17) is 0 Å². The van der Waals surface area contributed by atoms with E-state index >= 15 is 0 Å². The van der Waals surface area contributed by atoms with Crippen molar-refractivity contribution in [1.82, 2.24) is 14.5 Å². The van der Waals surface area contributed by atoms with Crippen LogP contribution < -0.4 is 5.56 Å². The molecule has 0 unspecified atom stereocenters. The zero-order chi connectivity index (χ0) is 20.8. The molecule has 0 N–H and O–H groups in total. The van der Waals surface area contributed by atoms with Gasteiger partial charge >= 0.3 is 0 Å². The van der Waals surface area contributed by atoms with Gasteiger partial charge in [-0.2, -0.15) is 0 Å². The molecule has 30 heavy (non-hydrogen) atoms. The number of likely N-dealkylation sites (N-methyl/N-ethyl adjacent to an activating group) is 1. The van der Waals surface area contributed by atoms with Crippen LogP contribution in [0.1, 0.15) is 53.8 Å². The van der Waals surface area contributed by atoms with Crippen LogP contribution in [0.15, 0.2) is 35.4 Å². The van der Waals surface area contributed by atoms with Gasteiger partial charge in [-0.3, -0.25) is 14.2 Å². The summed E-state index contributed by atoms with van der Waals surface area (Å²) in [5.74, 6) is 0.610. The molecule has 3 aromatic rings. The van der Waals surface area contributed by atoms with Crippen molar-refractivity contribution in [2.45, 2.75) is 58.0 Å². The molecule has 5 nitrogen and oxygen atoms in total. The Balaban J connectivity index is 1.43. The van der Waals surface area contributed by atoms with Crippen molar-refractivity contribution >= 4 is 27.5 Å². The van der Waals surface area contributed by atoms with E-state index in [1.165, 1.54) is 26.1 Å². The van der Waals surface area contributed by atoms with Crippen molar-refractivity contribution < 1.29 is 4.79 Å². The summed E-state index contributed by atoms with van der Waals surface area (Å²) >= 11 is 1.65. The Morgan fingerprint density at radius 2 is 2.10 bits per heavy atom. The summed E-state index contributed by atoms with van der Waals surface area (Å²) in [5, 5.41) is 0.739. The van der Waals surface area contributed by atoms with Crippen molar-refractivity contribution in [2.24, 2.45) is 5.92 Å². The van der Waals surface area contributed by atoms with E-state index in [0.29, 0.717) is 5.92 Å². The molecule has 5 rings (SSSR count). The number of benzene rings is 1. The third-order valence-electron chi connectivity index (χ3n) is 6.79. The van der Waals surface area contributed by atoms with Gasteiger partial charge in [-0.25, -0.2) is 4.98 Å². The third kappa shape index (κ3) is 3.27. The average Bonchev–Trinajstić information content (AvgIpc) is 3.13. The van der Waals surface area contributed by atoms with E-state index in [0.717, 1.165) is 48.7 Å². The summed E-state index contributed by atoms with van der Waals surface area (Å²) in [5.41, 5.74) is 3.66. The molecular formula is C24H27N3O2S. The van der Waals surface area contributed by atoms with E-state index in [-0.39, 0.29) is 24.1 Å². The number of aryl methyl sites for hydroxylation is 2. The summed E-state index contributed by atoms with van der Waals surface area (Å²) < 4.78 is 1.50. The number of amides is 1. The van der Waals surface area contributed by atoms with Crippen LogP contribution in [0.3, 0.4) is 0 Å². The standard InChI is InChI=1S/C24H27N3O2S/c1-15-10-11-18-20(12-15)30-23-22(18)24(29)27(14-25-23)13-21(28)26(2)19-9-5-7-16-6-3-4-8-17(16)19/h3-4,6,8,14-15,19H,5,7,9-13H2,1-2H3/t15-,19+/m0/s1. The molecule has 0 bridgehead atoms. The molecule has 0 saturated heterocycles. The second kappa shape index (κ2) is 7.65. The van der Waals surface area contributed by atoms with Crippen LogP contribution in [0.25, 0.3) is 10.2 Å². The second-order valence-electron chi connectivity index (χ2n) is 8.82. The molecule has 6 heteroatoms. The van der Waals surface area contributed by atoms with Crippen molar-refractivity contribution in [1.29, 1.82) is 0 Å². The lowest BCUT2D eigenvalue weighted by Crippen LogP contribution is -2.37. The second-order valence-corrected chi connectivity index (χ2v) is 9.90. The van der Waals surface area contributed by atoms with Gasteiger partial charge in [0.25, 0.3) is 5.56 Å². The maximum Gasteiger partial charge on any atom is 0.262 e. The Hall–Kier alpha value is -2.47. The highest BCUT2D eigenvalue weighted by Crippen LogP contribution is 2.36. The molecule has 2 atom stereocenters. The Bertz CT molecular complexity index is 1180. The molecule has 1 aromatic carbocycles. The fourth-order valence-electron chi connectivity index (χ4n) is 5.04. The molecule has 1 amide bonds. The lowest BCUT2D eigenvalue weighted by atomic mass is 9.87. The van der Waals surface area contributed by atoms with Gasteiger partial charge in [-0.05, 0) is 61.1 Å². The largest absolute Gasteiger partial charge is 0.337 e. The molecule has 0 fully saturated rings. The molecule has 0 aliphatic heterocycles. The van der Waals surface area contributed by atoms with Crippen molar-refractivity contribution in [3.63, 3.8) is 0 Å². The van der Waals surface area contributed by atoms with Crippen LogP contribution in [0.4, 0.5) is 0 Å². The highest BCUT2D eigenvalue weighted by atomic mass is 32.1. The lowest BCUT2D eigenvalue weighted by Gasteiger charge is -2.33. The van der Waals surface area contributed by atoms with Gasteiger partial charge < -0.3 is 4.90 Å². The highest BCUT2D eigenvalue weighted by Gasteiger charge is 2.28. The Kier molecular flexibility index (Phi) is 4.97. The number of rotatable bonds is 3. The number of hydrogen-bond acceptors (Lipinski definition) is 4. The van der Waals surface area contributed by atoms with Crippen LogP contribution in [-0.4, -0.2) is 27.4 Å². The fraction of sp³-hybridized carbons (Fsp3) is 0.458. The molecule has 2 aromatic heterocycles. The summed E-state index contributed by atoms with van der Waals surface area (Å²) in [4.78, 5) is 34.8. The highest BCUT2D eigenvalue weighted by molar-refractivity contribution is 7.18. The maximum absolute atomic E-state index is 13.2. The van der Waals surface area contributed by atoms with Crippen LogP contribution in [0, 0.1) is 5.92 Å². The number of nitrogens with zero attached hydrogens (tertiary/aromatic N) is 3. The predicted molar refractivity (Wildman–Crippen MR) is 120 cm³/mol. The topological polar surface area (TPSA) is 55.2 Å². The summed E-state index contributed by atoms with van der Waals surface area (Å²) in [6.07, 6.45) is 7.72. The smallest absolute Gasteiger partial charge is 0.262 e. The summed E-state index contributed by atoms with van der Waals surface area (Å²) in [6.45, 7) is 2.30. The summed E-state index contributed by atoms with van der Waals surface area (Å²) in [6, 6.07) is 8.46. The van der Waals surface area contributed by atoms with Crippen LogP contribution >= 0.6 is 11.3 Å². The minimum atomic E-state index is -0.0714. The number of aromatic nitrogens is 2. The molecular weight excluding hydrogens is 394 g/mol. The zero-order valence-corrected chi connectivity index (χ0v) is 18.4. The van der Waals surface area contributed by atoms with Gasteiger partial charge in [0.2, 0.25) is 5.91 Å². The van der Waals surface area contributed by atoms with Gasteiger partial charge in [0.1, 0.15) is 11.4 Å². The van der Waals surface area contributed by atoms with E-state index in [2.05, 4.69) is 30.1 Å². The van der Waals surface area contributed by atoms with Gasteiger partial charge in [-0.1, -0.05) is 31.2 Å². The average molecular weight is 422 g/mol. The van der Waals surface area contributed by atoms with Crippen molar-refractivity contribution in [2.75, 3.05) is 7.05 Å². The number of fused-ring (bicyclic) bond motifs is 4. The molecule has 2 aliphatic carbocycles. The Morgan fingerprint density at radius 1 is 1.27 bits per heavy atom. The molecule has 2 aliphatic rings. The minimum absolute atomic E-state index is 0.0396. The van der Waals surface area contributed by atoms with E-state index in [1.807, 2.05) is 18.0 Å². The van der Waals surface area contributed by atoms with Gasteiger partial charge in [-0.15, -0.1) is 11.3 Å². The first-order valence-electron chi connectivity index (χ1n) is 10.9.